The molecule has 7 heteroatoms. The van der Waals surface area contributed by atoms with Gasteiger partial charge in [-0.25, -0.2) is 13.1 Å². The largest absolute Gasteiger partial charge is 0.345 e. The fraction of sp³-hybridized carbons (Fsp3) is 0.300. The van der Waals surface area contributed by atoms with E-state index in [1.807, 2.05) is 50.2 Å². The topological polar surface area (TPSA) is 99.1 Å². The Balaban J connectivity index is 2.12. The third-order valence-corrected chi connectivity index (χ3v) is 5.54. The molecule has 6 nitrogen and oxygen atoms in total. The first kappa shape index (κ1) is 20.6. The molecule has 0 saturated carbocycles. The molecule has 0 heterocycles. The van der Waals surface area contributed by atoms with Gasteiger partial charge < -0.3 is 5.32 Å². The molecule has 0 fully saturated rings. The lowest BCUT2D eigenvalue weighted by Crippen LogP contribution is -2.31. The summed E-state index contributed by atoms with van der Waals surface area (Å²) in [4.78, 5) is 12.6. The molecule has 0 aliphatic heterocycles. The van der Waals surface area contributed by atoms with E-state index in [2.05, 4.69) is 10.0 Å². The minimum Gasteiger partial charge on any atom is -0.345 e. The van der Waals surface area contributed by atoms with Crippen LogP contribution in [0, 0.1) is 17.2 Å². The lowest BCUT2D eigenvalue weighted by Gasteiger charge is -2.23. The van der Waals surface area contributed by atoms with E-state index in [1.54, 1.807) is 0 Å². The van der Waals surface area contributed by atoms with Crippen LogP contribution in [-0.4, -0.2) is 20.9 Å². The molecular formula is C20H23N3O3S. The molecule has 2 aromatic carbocycles. The van der Waals surface area contributed by atoms with Crippen LogP contribution in [0.4, 0.5) is 0 Å². The number of carbonyl (C=O) groups excluding carboxylic acids is 1. The van der Waals surface area contributed by atoms with E-state index >= 15 is 0 Å². The van der Waals surface area contributed by atoms with Crippen LogP contribution < -0.4 is 10.0 Å². The van der Waals surface area contributed by atoms with E-state index in [-0.39, 0.29) is 35.7 Å². The first-order chi connectivity index (χ1) is 12.8. The molecule has 27 heavy (non-hydrogen) atoms. The maximum atomic E-state index is 12.6. The van der Waals surface area contributed by atoms with Crippen LogP contribution in [0.1, 0.15) is 42.2 Å². The molecule has 1 amide bonds. The number of carbonyl (C=O) groups is 1. The second kappa shape index (κ2) is 9.31. The molecule has 2 N–H and O–H groups in total. The molecular weight excluding hydrogens is 362 g/mol. The van der Waals surface area contributed by atoms with Crippen molar-refractivity contribution in [1.82, 2.24) is 10.0 Å². The number of sulfonamides is 1. The quantitative estimate of drug-likeness (QED) is 0.682. The Bertz CT molecular complexity index is 902. The third kappa shape index (κ3) is 5.64. The van der Waals surface area contributed by atoms with Crippen molar-refractivity contribution in [2.75, 3.05) is 6.54 Å². The first-order valence-electron chi connectivity index (χ1n) is 8.67. The maximum Gasteiger partial charge on any atom is 0.251 e. The number of benzene rings is 2. The average molecular weight is 385 g/mol. The third-order valence-electron chi connectivity index (χ3n) is 4.07. The lowest BCUT2D eigenvalue weighted by atomic mass is 9.95. The van der Waals surface area contributed by atoms with Crippen molar-refractivity contribution >= 4 is 15.9 Å². The van der Waals surface area contributed by atoms with Gasteiger partial charge in [0, 0.05) is 18.5 Å². The zero-order chi connectivity index (χ0) is 19.9. The Morgan fingerprint density at radius 3 is 2.26 bits per heavy atom. The van der Waals surface area contributed by atoms with Crippen LogP contribution in [0.5, 0.6) is 0 Å². The van der Waals surface area contributed by atoms with Crippen LogP contribution in [0.3, 0.4) is 0 Å². The number of nitriles is 1. The highest BCUT2D eigenvalue weighted by Crippen LogP contribution is 2.22. The van der Waals surface area contributed by atoms with E-state index in [0.717, 1.165) is 5.56 Å². The van der Waals surface area contributed by atoms with E-state index in [4.69, 9.17) is 5.26 Å². The van der Waals surface area contributed by atoms with E-state index in [1.165, 1.54) is 24.3 Å². The summed E-state index contributed by atoms with van der Waals surface area (Å²) in [6.45, 7) is 4.11. The van der Waals surface area contributed by atoms with Gasteiger partial charge in [-0.2, -0.15) is 5.26 Å². The molecule has 1 atom stereocenters. The summed E-state index contributed by atoms with van der Waals surface area (Å²) in [5.41, 5.74) is 1.40. The highest BCUT2D eigenvalue weighted by Gasteiger charge is 2.20. The predicted molar refractivity (Wildman–Crippen MR) is 103 cm³/mol. The summed E-state index contributed by atoms with van der Waals surface area (Å²) in [6, 6.07) is 17.2. The lowest BCUT2D eigenvalue weighted by molar-refractivity contribution is 0.0925. The van der Waals surface area contributed by atoms with Crippen LogP contribution in [-0.2, 0) is 10.0 Å². The minimum atomic E-state index is -3.69. The van der Waals surface area contributed by atoms with Crippen molar-refractivity contribution in [2.45, 2.75) is 31.2 Å². The van der Waals surface area contributed by atoms with Gasteiger partial charge in [0.1, 0.15) is 0 Å². The first-order valence-corrected chi connectivity index (χ1v) is 10.2. The molecule has 2 rings (SSSR count). The van der Waals surface area contributed by atoms with Gasteiger partial charge in [-0.3, -0.25) is 4.79 Å². The average Bonchev–Trinajstić information content (AvgIpc) is 2.66. The number of amides is 1. The van der Waals surface area contributed by atoms with Gasteiger partial charge in [0.25, 0.3) is 5.91 Å². The maximum absolute atomic E-state index is 12.6. The fourth-order valence-electron chi connectivity index (χ4n) is 2.63. The zero-order valence-electron chi connectivity index (χ0n) is 15.3. The van der Waals surface area contributed by atoms with Gasteiger partial charge in [-0.1, -0.05) is 44.2 Å². The highest BCUT2D eigenvalue weighted by atomic mass is 32.2. The zero-order valence-corrected chi connectivity index (χ0v) is 16.2. The summed E-state index contributed by atoms with van der Waals surface area (Å²) >= 11 is 0. The van der Waals surface area contributed by atoms with Gasteiger partial charge >= 0.3 is 0 Å². The summed E-state index contributed by atoms with van der Waals surface area (Å²) < 4.78 is 26.6. The van der Waals surface area contributed by atoms with E-state index < -0.39 is 10.0 Å². The number of rotatable bonds is 8. The molecule has 0 spiro atoms. The molecule has 2 aromatic rings. The second-order valence-electron chi connectivity index (χ2n) is 6.44. The summed E-state index contributed by atoms with van der Waals surface area (Å²) in [6.07, 6.45) is 0.0931. The molecule has 0 aliphatic rings. The normalized spacial score (nSPS) is 12.4. The molecule has 142 valence electrons. The Hall–Kier alpha value is -2.69. The van der Waals surface area contributed by atoms with Gasteiger partial charge in [0.15, 0.2) is 0 Å². The Morgan fingerprint density at radius 2 is 1.70 bits per heavy atom. The van der Waals surface area contributed by atoms with Crippen molar-refractivity contribution in [1.29, 1.82) is 5.26 Å². The van der Waals surface area contributed by atoms with Gasteiger partial charge in [-0.15, -0.1) is 0 Å². The van der Waals surface area contributed by atoms with Crippen molar-refractivity contribution in [2.24, 2.45) is 5.92 Å². The summed E-state index contributed by atoms with van der Waals surface area (Å²) in [5, 5.41) is 11.5. The predicted octanol–water partition coefficient (Wildman–Crippen LogP) is 3.01. The molecule has 0 aromatic heterocycles. The monoisotopic (exact) mass is 385 g/mol. The SMILES string of the molecule is CC(C)C(NC(=O)c1ccc(S(=O)(=O)NCCC#N)cc1)c1ccccc1. The van der Waals surface area contributed by atoms with Gasteiger partial charge in [0.2, 0.25) is 10.0 Å². The Kier molecular flexibility index (Phi) is 7.11. The highest BCUT2D eigenvalue weighted by molar-refractivity contribution is 7.89. The van der Waals surface area contributed by atoms with E-state index in [0.29, 0.717) is 5.56 Å². The van der Waals surface area contributed by atoms with E-state index in [9.17, 15) is 13.2 Å². The fourth-order valence-corrected chi connectivity index (χ4v) is 3.66. The number of nitrogens with one attached hydrogen (secondary N) is 2. The van der Waals surface area contributed by atoms with Crippen molar-refractivity contribution in [3.63, 3.8) is 0 Å². The molecule has 0 saturated heterocycles. The molecule has 0 bridgehead atoms. The van der Waals surface area contributed by atoms with Gasteiger partial charge in [0.05, 0.1) is 17.0 Å². The molecule has 0 radical (unpaired) electrons. The summed E-state index contributed by atoms with van der Waals surface area (Å²) in [5.74, 6) is -0.0701. The van der Waals surface area contributed by atoms with Crippen molar-refractivity contribution < 1.29 is 13.2 Å². The van der Waals surface area contributed by atoms with Crippen molar-refractivity contribution in [3.8, 4) is 6.07 Å². The number of hydrogen-bond acceptors (Lipinski definition) is 4. The van der Waals surface area contributed by atoms with Crippen LogP contribution in [0.2, 0.25) is 0 Å². The van der Waals surface area contributed by atoms with Crippen molar-refractivity contribution in [3.05, 3.63) is 65.7 Å². The number of hydrogen-bond donors (Lipinski definition) is 2. The summed E-state index contributed by atoms with van der Waals surface area (Å²) in [7, 11) is -3.69. The van der Waals surface area contributed by atoms with Crippen LogP contribution >= 0.6 is 0 Å². The second-order valence-corrected chi connectivity index (χ2v) is 8.20. The standard InChI is InChI=1S/C20H23N3O3S/c1-15(2)19(16-7-4-3-5-8-16)23-20(24)17-9-11-18(12-10-17)27(25,26)22-14-6-13-21/h3-5,7-12,15,19,22H,6,14H2,1-2H3,(H,23,24). The Morgan fingerprint density at radius 1 is 1.07 bits per heavy atom. The number of nitrogens with zero attached hydrogens (tertiary/aromatic N) is 1. The van der Waals surface area contributed by atoms with Gasteiger partial charge in [-0.05, 0) is 35.7 Å². The van der Waals surface area contributed by atoms with Crippen LogP contribution in [0.25, 0.3) is 0 Å². The molecule has 1 unspecified atom stereocenters. The van der Waals surface area contributed by atoms with Crippen LogP contribution in [0.15, 0.2) is 59.5 Å². The molecule has 0 aliphatic carbocycles. The smallest absolute Gasteiger partial charge is 0.251 e. The minimum absolute atomic E-state index is 0.0498. The Labute approximate surface area is 160 Å².